The maximum atomic E-state index is 4.87. The predicted molar refractivity (Wildman–Crippen MR) is 187 cm³/mol. The van der Waals surface area contributed by atoms with Gasteiger partial charge in [-0.25, -0.2) is 0 Å². The van der Waals surface area contributed by atoms with Crippen molar-refractivity contribution in [2.75, 3.05) is 4.90 Å². The number of para-hydroxylation sites is 3. The normalized spacial score (nSPS) is 12.0. The van der Waals surface area contributed by atoms with Crippen LogP contribution < -0.4 is 4.90 Å². The highest BCUT2D eigenvalue weighted by atomic mass is 15.2. The monoisotopic (exact) mass is 565 g/mol. The van der Waals surface area contributed by atoms with Crippen molar-refractivity contribution >= 4 is 60.6 Å². The van der Waals surface area contributed by atoms with Gasteiger partial charge < -0.3 is 9.47 Å². The fourth-order valence-electron chi connectivity index (χ4n) is 6.76. The van der Waals surface area contributed by atoms with E-state index in [0.717, 1.165) is 33.5 Å². The largest absolute Gasteiger partial charge is 0.310 e. The number of hydrogen-bond donors (Lipinski definition) is 0. The number of hydrogen-bond acceptors (Lipinski definition) is 2. The van der Waals surface area contributed by atoms with Gasteiger partial charge in [-0.05, 0) is 78.9 Å². The zero-order chi connectivity index (χ0) is 29.6. The second kappa shape index (κ2) is 10.6. The highest BCUT2D eigenvalue weighted by Crippen LogP contribution is 2.42. The van der Waals surface area contributed by atoms with Crippen LogP contribution in [0, 0.1) is 6.92 Å². The number of anilines is 2. The molecular weight excluding hydrogens is 534 g/mol. The zero-order valence-electron chi connectivity index (χ0n) is 24.8. The van der Waals surface area contributed by atoms with Crippen LogP contribution in [0.2, 0.25) is 0 Å². The molecular formula is C41H31N3. The van der Waals surface area contributed by atoms with Gasteiger partial charge in [-0.3, -0.25) is 4.98 Å². The molecule has 0 aliphatic rings. The van der Waals surface area contributed by atoms with E-state index in [9.17, 15) is 0 Å². The number of nitrogens with zero attached hydrogens (tertiary/aromatic N) is 3. The maximum Gasteiger partial charge on any atom is 0.0801 e. The van der Waals surface area contributed by atoms with Crippen molar-refractivity contribution in [3.05, 3.63) is 163 Å². The van der Waals surface area contributed by atoms with Crippen LogP contribution in [0.5, 0.6) is 0 Å². The molecule has 0 saturated carbocycles. The lowest BCUT2D eigenvalue weighted by molar-refractivity contribution is 1.18. The van der Waals surface area contributed by atoms with Crippen molar-refractivity contribution in [2.24, 2.45) is 0 Å². The molecule has 3 nitrogen and oxygen atoms in total. The third-order valence-electron chi connectivity index (χ3n) is 8.70. The van der Waals surface area contributed by atoms with E-state index in [4.69, 9.17) is 4.98 Å². The molecule has 0 radical (unpaired) electrons. The van der Waals surface area contributed by atoms with Crippen LogP contribution in [0.3, 0.4) is 0 Å². The summed E-state index contributed by atoms with van der Waals surface area (Å²) in [4.78, 5) is 7.23. The van der Waals surface area contributed by atoms with E-state index in [1.807, 2.05) is 12.3 Å². The van der Waals surface area contributed by atoms with E-state index in [2.05, 4.69) is 163 Å². The van der Waals surface area contributed by atoms with Gasteiger partial charge in [0.05, 0.1) is 16.6 Å². The van der Waals surface area contributed by atoms with Gasteiger partial charge in [0.15, 0.2) is 0 Å². The van der Waals surface area contributed by atoms with Crippen molar-refractivity contribution in [2.45, 2.75) is 13.8 Å². The summed E-state index contributed by atoms with van der Waals surface area (Å²) >= 11 is 0. The van der Waals surface area contributed by atoms with E-state index in [0.29, 0.717) is 0 Å². The Balaban J connectivity index is 1.35. The number of rotatable bonds is 5. The summed E-state index contributed by atoms with van der Waals surface area (Å²) in [5, 5.41) is 6.09. The minimum atomic E-state index is 1.03. The molecule has 0 unspecified atom stereocenters. The molecule has 0 fully saturated rings. The summed E-state index contributed by atoms with van der Waals surface area (Å²) in [6.07, 6.45) is 4.11. The number of pyridine rings is 1. The number of allylic oxidation sites excluding steroid dienone is 1. The quantitative estimate of drug-likeness (QED) is 0.194. The molecule has 2 heterocycles. The fourth-order valence-corrected chi connectivity index (χ4v) is 6.76. The van der Waals surface area contributed by atoms with Crippen molar-refractivity contribution in [3.63, 3.8) is 0 Å². The zero-order valence-corrected chi connectivity index (χ0v) is 24.8. The number of fused-ring (bicyclic) bond motifs is 8. The van der Waals surface area contributed by atoms with Gasteiger partial charge in [0.2, 0.25) is 0 Å². The van der Waals surface area contributed by atoms with E-state index < -0.39 is 0 Å². The third-order valence-corrected chi connectivity index (χ3v) is 8.70. The average molecular weight is 566 g/mol. The molecule has 6 aromatic carbocycles. The molecule has 0 spiro atoms. The molecule has 0 aliphatic heterocycles. The average Bonchev–Trinajstić information content (AvgIpc) is 3.44. The number of aryl methyl sites for hydroxylation is 1. The van der Waals surface area contributed by atoms with E-state index >= 15 is 0 Å². The van der Waals surface area contributed by atoms with E-state index in [1.54, 1.807) is 0 Å². The molecule has 3 heteroatoms. The Bertz CT molecular complexity index is 2350. The van der Waals surface area contributed by atoms with E-state index in [1.165, 1.54) is 43.8 Å². The topological polar surface area (TPSA) is 21.1 Å². The summed E-state index contributed by atoms with van der Waals surface area (Å²) in [6, 6.07) is 49.8. The maximum absolute atomic E-state index is 4.87. The highest BCUT2D eigenvalue weighted by molar-refractivity contribution is 6.31. The summed E-state index contributed by atoms with van der Waals surface area (Å²) in [6.45, 7) is 4.29. The van der Waals surface area contributed by atoms with Crippen LogP contribution in [-0.4, -0.2) is 9.55 Å². The Labute approximate surface area is 256 Å². The van der Waals surface area contributed by atoms with Crippen molar-refractivity contribution in [3.8, 4) is 5.69 Å². The molecule has 44 heavy (non-hydrogen) atoms. The van der Waals surface area contributed by atoms with Crippen LogP contribution in [0.4, 0.5) is 11.4 Å². The van der Waals surface area contributed by atoms with Crippen LogP contribution in [0.25, 0.3) is 54.9 Å². The molecule has 0 atom stereocenters. The molecule has 8 rings (SSSR count). The van der Waals surface area contributed by atoms with Crippen molar-refractivity contribution in [1.29, 1.82) is 0 Å². The van der Waals surface area contributed by atoms with Crippen LogP contribution >= 0.6 is 0 Å². The summed E-state index contributed by atoms with van der Waals surface area (Å²) < 4.78 is 2.41. The summed E-state index contributed by atoms with van der Waals surface area (Å²) in [5.74, 6) is 0. The van der Waals surface area contributed by atoms with Gasteiger partial charge in [0, 0.05) is 50.5 Å². The lowest BCUT2D eigenvalue weighted by atomic mass is 10.00. The van der Waals surface area contributed by atoms with E-state index in [-0.39, 0.29) is 0 Å². The second-order valence-electron chi connectivity index (χ2n) is 11.2. The first kappa shape index (κ1) is 26.0. The van der Waals surface area contributed by atoms with Gasteiger partial charge in [-0.15, -0.1) is 0 Å². The Kier molecular flexibility index (Phi) is 6.23. The third kappa shape index (κ3) is 4.01. The lowest BCUT2D eigenvalue weighted by Gasteiger charge is -2.29. The Morgan fingerprint density at radius 2 is 1.30 bits per heavy atom. The lowest BCUT2D eigenvalue weighted by Crippen LogP contribution is -2.16. The van der Waals surface area contributed by atoms with Crippen LogP contribution in [0.1, 0.15) is 18.1 Å². The molecule has 2 aromatic heterocycles. The SMILES string of the molecule is C/C=C(/c1ccc(-n2c3ccccc3c3c4ccccc4c4ncccc4c32)cc1)N(c1ccccc1)c1ccccc1C. The molecule has 0 amide bonds. The van der Waals surface area contributed by atoms with Crippen LogP contribution in [0.15, 0.2) is 152 Å². The molecule has 0 saturated heterocycles. The minimum Gasteiger partial charge on any atom is -0.310 e. The molecule has 0 N–H and O–H groups in total. The summed E-state index contributed by atoms with van der Waals surface area (Å²) in [7, 11) is 0. The van der Waals surface area contributed by atoms with Gasteiger partial charge in [-0.1, -0.05) is 97.1 Å². The molecule has 8 aromatic rings. The van der Waals surface area contributed by atoms with Crippen molar-refractivity contribution in [1.82, 2.24) is 9.55 Å². The Hall–Kier alpha value is -5.67. The van der Waals surface area contributed by atoms with Gasteiger partial charge in [0.25, 0.3) is 0 Å². The second-order valence-corrected chi connectivity index (χ2v) is 11.2. The molecule has 210 valence electrons. The predicted octanol–water partition coefficient (Wildman–Crippen LogP) is 11.0. The molecule has 0 aliphatic carbocycles. The highest BCUT2D eigenvalue weighted by Gasteiger charge is 2.21. The summed E-state index contributed by atoms with van der Waals surface area (Å²) in [5.41, 5.74) is 10.4. The first-order chi connectivity index (χ1) is 21.7. The smallest absolute Gasteiger partial charge is 0.0801 e. The number of aromatic nitrogens is 2. The van der Waals surface area contributed by atoms with Crippen molar-refractivity contribution < 1.29 is 0 Å². The first-order valence-electron chi connectivity index (χ1n) is 15.1. The Morgan fingerprint density at radius 1 is 0.636 bits per heavy atom. The van der Waals surface area contributed by atoms with Gasteiger partial charge in [-0.2, -0.15) is 0 Å². The fraction of sp³-hybridized carbons (Fsp3) is 0.0488. The first-order valence-corrected chi connectivity index (χ1v) is 15.1. The number of benzene rings is 6. The molecule has 0 bridgehead atoms. The standard InChI is InChI=1S/C41H31N3/c1-3-36(43(30-15-5-4-6-16-30)37-21-11-7-14-28(37)2)29-23-25-31(26-24-29)44-38-22-12-10-19-34(38)39-32-17-8-9-18-33(32)40-35(41(39)44)20-13-27-42-40/h3-27H,1-2H3/b36-3-. The van der Waals surface area contributed by atoms with Crippen LogP contribution in [-0.2, 0) is 0 Å². The van der Waals surface area contributed by atoms with Gasteiger partial charge >= 0.3 is 0 Å². The van der Waals surface area contributed by atoms with Gasteiger partial charge in [0.1, 0.15) is 0 Å². The Morgan fingerprint density at radius 3 is 2.07 bits per heavy atom. The minimum absolute atomic E-state index is 1.03.